The second kappa shape index (κ2) is 6.42. The smallest absolute Gasteiger partial charge is 0.294 e. The summed E-state index contributed by atoms with van der Waals surface area (Å²) in [6, 6.07) is 3.95. The van der Waals surface area contributed by atoms with Gasteiger partial charge in [-0.3, -0.25) is 4.98 Å². The minimum Gasteiger partial charge on any atom is -0.314 e. The highest BCUT2D eigenvalue weighted by Gasteiger charge is 2.10. The zero-order chi connectivity index (χ0) is 14.5. The van der Waals surface area contributed by atoms with E-state index in [1.807, 2.05) is 19.1 Å². The molecule has 7 heteroatoms. The Morgan fingerprint density at radius 3 is 3.00 bits per heavy atom. The number of aromatic nitrogens is 2. The normalized spacial score (nSPS) is 10.5. The predicted molar refractivity (Wildman–Crippen MR) is 76.1 cm³/mol. The molecule has 0 radical (unpaired) electrons. The third-order valence-electron chi connectivity index (χ3n) is 2.84. The largest absolute Gasteiger partial charge is 0.314 e. The lowest BCUT2D eigenvalue weighted by Crippen LogP contribution is -2.04. The third kappa shape index (κ3) is 3.51. The maximum Gasteiger partial charge on any atom is 0.294 e. The summed E-state index contributed by atoms with van der Waals surface area (Å²) in [4.78, 5) is 24.3. The van der Waals surface area contributed by atoms with Gasteiger partial charge >= 0.3 is 0 Å². The Balaban J connectivity index is 2.15. The zero-order valence-electron chi connectivity index (χ0n) is 11.3. The van der Waals surface area contributed by atoms with Gasteiger partial charge in [-0.1, -0.05) is 6.92 Å². The van der Waals surface area contributed by atoms with E-state index in [1.165, 1.54) is 0 Å². The van der Waals surface area contributed by atoms with Crippen LogP contribution in [0, 0.1) is 17.0 Å². The summed E-state index contributed by atoms with van der Waals surface area (Å²) in [6.45, 7) is 4.02. The maximum absolute atomic E-state index is 10.1. The van der Waals surface area contributed by atoms with Crippen LogP contribution < -0.4 is 0 Å². The Kier molecular flexibility index (Phi) is 4.62. The molecule has 0 aliphatic rings. The van der Waals surface area contributed by atoms with E-state index >= 15 is 0 Å². The van der Waals surface area contributed by atoms with Gasteiger partial charge in [-0.05, 0) is 25.5 Å². The van der Waals surface area contributed by atoms with Crippen LogP contribution in [-0.2, 0) is 17.7 Å². The van der Waals surface area contributed by atoms with E-state index in [2.05, 4.69) is 21.7 Å². The fourth-order valence-corrected chi connectivity index (χ4v) is 2.84. The number of nitrogens with zero attached hydrogens (tertiary/aromatic N) is 3. The average molecular weight is 293 g/mol. The van der Waals surface area contributed by atoms with Crippen LogP contribution in [-0.4, -0.2) is 21.7 Å². The number of thiazole rings is 1. The van der Waals surface area contributed by atoms with E-state index < -0.39 is 5.09 Å². The summed E-state index contributed by atoms with van der Waals surface area (Å²) in [5, 5.41) is 10.3. The third-order valence-corrected chi connectivity index (χ3v) is 4.11. The van der Waals surface area contributed by atoms with Crippen LogP contribution in [0.1, 0.15) is 23.2 Å². The van der Waals surface area contributed by atoms with Crippen molar-refractivity contribution in [1.29, 1.82) is 0 Å². The molecule has 106 valence electrons. The molecular weight excluding hydrogens is 278 g/mol. The van der Waals surface area contributed by atoms with Gasteiger partial charge in [0, 0.05) is 28.8 Å². The van der Waals surface area contributed by atoms with Crippen LogP contribution in [0.3, 0.4) is 0 Å². The molecule has 6 nitrogen and oxygen atoms in total. The summed E-state index contributed by atoms with van der Waals surface area (Å²) in [7, 11) is 0. The SMILES string of the molecule is CCc1cc(-c2nc(C)c(CCO[N+](=O)[O-])s2)ccn1. The minimum absolute atomic E-state index is 0.0615. The van der Waals surface area contributed by atoms with Crippen molar-refractivity contribution < 1.29 is 9.92 Å². The van der Waals surface area contributed by atoms with Crippen molar-refractivity contribution in [2.75, 3.05) is 6.61 Å². The summed E-state index contributed by atoms with van der Waals surface area (Å²) >= 11 is 1.54. The molecule has 0 saturated carbocycles. The first-order valence-electron chi connectivity index (χ1n) is 6.29. The highest BCUT2D eigenvalue weighted by Crippen LogP contribution is 2.28. The van der Waals surface area contributed by atoms with Crippen LogP contribution in [0.4, 0.5) is 0 Å². The first-order chi connectivity index (χ1) is 9.60. The molecule has 2 rings (SSSR count). The molecule has 0 bridgehead atoms. The minimum atomic E-state index is -0.770. The lowest BCUT2D eigenvalue weighted by molar-refractivity contribution is -0.757. The second-order valence-corrected chi connectivity index (χ2v) is 5.31. The van der Waals surface area contributed by atoms with Gasteiger partial charge in [-0.2, -0.15) is 0 Å². The van der Waals surface area contributed by atoms with E-state index in [9.17, 15) is 10.1 Å². The molecule has 0 atom stereocenters. The van der Waals surface area contributed by atoms with E-state index in [4.69, 9.17) is 0 Å². The van der Waals surface area contributed by atoms with Crippen LogP contribution in [0.25, 0.3) is 10.6 Å². The Bertz CT molecular complexity index is 613. The molecule has 2 heterocycles. The highest BCUT2D eigenvalue weighted by atomic mass is 32.1. The van der Waals surface area contributed by atoms with Gasteiger partial charge in [0.15, 0.2) is 0 Å². The van der Waals surface area contributed by atoms with Crippen molar-refractivity contribution in [3.63, 3.8) is 0 Å². The number of hydrogen-bond donors (Lipinski definition) is 0. The monoisotopic (exact) mass is 293 g/mol. The molecule has 0 N–H and O–H groups in total. The van der Waals surface area contributed by atoms with Gasteiger partial charge in [-0.25, -0.2) is 4.98 Å². The zero-order valence-corrected chi connectivity index (χ0v) is 12.1. The van der Waals surface area contributed by atoms with Gasteiger partial charge in [0.2, 0.25) is 0 Å². The summed E-state index contributed by atoms with van der Waals surface area (Å²) < 4.78 is 0. The Morgan fingerprint density at radius 2 is 2.30 bits per heavy atom. The van der Waals surface area contributed by atoms with Crippen molar-refractivity contribution in [2.24, 2.45) is 0 Å². The van der Waals surface area contributed by atoms with Crippen LogP contribution in [0.2, 0.25) is 0 Å². The summed E-state index contributed by atoms with van der Waals surface area (Å²) in [6.07, 6.45) is 3.15. The molecule has 0 fully saturated rings. The van der Waals surface area contributed by atoms with Gasteiger partial charge in [0.1, 0.15) is 11.6 Å². The van der Waals surface area contributed by atoms with Gasteiger partial charge in [0.25, 0.3) is 5.09 Å². The average Bonchev–Trinajstić information content (AvgIpc) is 2.80. The Hall–Kier alpha value is -2.02. The summed E-state index contributed by atoms with van der Waals surface area (Å²) in [5.74, 6) is 0. The number of aryl methyl sites for hydroxylation is 2. The number of hydrogen-bond acceptors (Lipinski definition) is 6. The predicted octanol–water partition coefficient (Wildman–Crippen LogP) is 2.83. The summed E-state index contributed by atoms with van der Waals surface area (Å²) in [5.41, 5.74) is 2.95. The molecule has 0 aliphatic heterocycles. The molecule has 2 aromatic rings. The Morgan fingerprint density at radius 1 is 1.50 bits per heavy atom. The van der Waals surface area contributed by atoms with E-state index in [-0.39, 0.29) is 6.61 Å². The van der Waals surface area contributed by atoms with Crippen molar-refractivity contribution in [3.05, 3.63) is 44.7 Å². The first-order valence-corrected chi connectivity index (χ1v) is 7.10. The second-order valence-electron chi connectivity index (χ2n) is 4.22. The van der Waals surface area contributed by atoms with E-state index in [1.54, 1.807) is 17.5 Å². The van der Waals surface area contributed by atoms with E-state index in [0.29, 0.717) is 6.42 Å². The molecule has 0 aromatic carbocycles. The fourth-order valence-electron chi connectivity index (χ4n) is 1.80. The molecule has 2 aromatic heterocycles. The topological polar surface area (TPSA) is 78.2 Å². The van der Waals surface area contributed by atoms with Crippen molar-refractivity contribution in [1.82, 2.24) is 9.97 Å². The molecule has 0 spiro atoms. The lowest BCUT2D eigenvalue weighted by atomic mass is 10.2. The lowest BCUT2D eigenvalue weighted by Gasteiger charge is -1.99. The quantitative estimate of drug-likeness (QED) is 0.604. The number of rotatable bonds is 6. The fraction of sp³-hybridized carbons (Fsp3) is 0.385. The van der Waals surface area contributed by atoms with Crippen molar-refractivity contribution >= 4 is 11.3 Å². The Labute approximate surface area is 120 Å². The molecule has 20 heavy (non-hydrogen) atoms. The standard InChI is InChI=1S/C13H15N3O3S/c1-3-11-8-10(4-6-14-11)13-15-9(2)12(20-13)5-7-19-16(17)18/h4,6,8H,3,5,7H2,1-2H3. The maximum atomic E-state index is 10.1. The van der Waals surface area contributed by atoms with Gasteiger partial charge < -0.3 is 4.84 Å². The van der Waals surface area contributed by atoms with Crippen molar-refractivity contribution in [3.8, 4) is 10.6 Å². The van der Waals surface area contributed by atoms with Crippen LogP contribution in [0.15, 0.2) is 18.3 Å². The highest BCUT2D eigenvalue weighted by molar-refractivity contribution is 7.15. The van der Waals surface area contributed by atoms with Gasteiger partial charge in [0.05, 0.1) is 5.69 Å². The van der Waals surface area contributed by atoms with Crippen LogP contribution in [0.5, 0.6) is 0 Å². The van der Waals surface area contributed by atoms with Gasteiger partial charge in [-0.15, -0.1) is 21.5 Å². The first kappa shape index (κ1) is 14.4. The molecule has 0 unspecified atom stereocenters. The van der Waals surface area contributed by atoms with E-state index in [0.717, 1.165) is 33.3 Å². The molecule has 0 saturated heterocycles. The van der Waals surface area contributed by atoms with Crippen molar-refractivity contribution in [2.45, 2.75) is 26.7 Å². The molecule has 0 aliphatic carbocycles. The molecule has 0 amide bonds. The molecular formula is C13H15N3O3S. The number of pyridine rings is 1. The van der Waals surface area contributed by atoms with Crippen LogP contribution >= 0.6 is 11.3 Å².